The summed E-state index contributed by atoms with van der Waals surface area (Å²) in [5.41, 5.74) is 0. The first-order chi connectivity index (χ1) is 9.42. The Kier molecular flexibility index (Phi) is 4.10. The topological polar surface area (TPSA) is 53.9 Å². The molecule has 0 spiro atoms. The minimum Gasteiger partial charge on any atom is -0.366 e. The van der Waals surface area contributed by atoms with Gasteiger partial charge in [0.05, 0.1) is 6.20 Å². The number of nitrogens with one attached hydrogen (secondary N) is 1. The molecule has 1 aromatic rings. The number of hydrogen-bond donors (Lipinski definition) is 1. The zero-order valence-corrected chi connectivity index (χ0v) is 11.5. The van der Waals surface area contributed by atoms with Crippen molar-refractivity contribution in [2.45, 2.75) is 57.4 Å². The highest BCUT2D eigenvalue weighted by atomic mass is 15.3. The first kappa shape index (κ1) is 12.6. The molecule has 0 bridgehead atoms. The van der Waals surface area contributed by atoms with Crippen molar-refractivity contribution in [2.75, 3.05) is 23.3 Å². The molecule has 1 saturated carbocycles. The highest BCUT2D eigenvalue weighted by Crippen LogP contribution is 2.22. The standard InChI is InChI=1S/C14H23N5/c1-2-6-10-19(9-5-1)14-17-13(11-15-18-14)16-12-7-3-4-8-12/h11-12H,1-10H2,(H,16,17,18). The molecule has 0 atom stereocenters. The maximum absolute atomic E-state index is 4.64. The molecule has 2 fully saturated rings. The summed E-state index contributed by atoms with van der Waals surface area (Å²) in [5, 5.41) is 11.8. The Morgan fingerprint density at radius 3 is 2.47 bits per heavy atom. The van der Waals surface area contributed by atoms with Gasteiger partial charge in [0.15, 0.2) is 5.82 Å². The van der Waals surface area contributed by atoms with Crippen LogP contribution in [0.5, 0.6) is 0 Å². The molecule has 1 N–H and O–H groups in total. The van der Waals surface area contributed by atoms with E-state index in [0.717, 1.165) is 24.9 Å². The van der Waals surface area contributed by atoms with Crippen molar-refractivity contribution in [3.63, 3.8) is 0 Å². The predicted octanol–water partition coefficient (Wildman–Crippen LogP) is 2.61. The minimum absolute atomic E-state index is 0.577. The highest BCUT2D eigenvalue weighted by molar-refractivity contribution is 5.39. The van der Waals surface area contributed by atoms with Gasteiger partial charge >= 0.3 is 0 Å². The summed E-state index contributed by atoms with van der Waals surface area (Å²) >= 11 is 0. The summed E-state index contributed by atoms with van der Waals surface area (Å²) in [4.78, 5) is 6.92. The van der Waals surface area contributed by atoms with Crippen molar-refractivity contribution in [3.05, 3.63) is 6.20 Å². The lowest BCUT2D eigenvalue weighted by Crippen LogP contribution is -2.27. The molecule has 0 radical (unpaired) electrons. The maximum Gasteiger partial charge on any atom is 0.247 e. The molecule has 5 nitrogen and oxygen atoms in total. The minimum atomic E-state index is 0.577. The van der Waals surface area contributed by atoms with E-state index in [9.17, 15) is 0 Å². The van der Waals surface area contributed by atoms with Crippen LogP contribution in [-0.4, -0.2) is 34.3 Å². The molecule has 1 aliphatic heterocycles. The highest BCUT2D eigenvalue weighted by Gasteiger charge is 2.17. The quantitative estimate of drug-likeness (QED) is 0.906. The Labute approximate surface area is 114 Å². The molecule has 19 heavy (non-hydrogen) atoms. The largest absolute Gasteiger partial charge is 0.366 e. The maximum atomic E-state index is 4.64. The molecule has 0 aromatic carbocycles. The molecule has 0 amide bonds. The van der Waals surface area contributed by atoms with Gasteiger partial charge in [0.25, 0.3) is 0 Å². The number of aromatic nitrogens is 3. The lowest BCUT2D eigenvalue weighted by atomic mass is 10.2. The lowest BCUT2D eigenvalue weighted by molar-refractivity contribution is 0.726. The third-order valence-corrected chi connectivity index (χ3v) is 4.14. The van der Waals surface area contributed by atoms with E-state index in [4.69, 9.17) is 0 Å². The first-order valence-electron chi connectivity index (χ1n) is 7.63. The van der Waals surface area contributed by atoms with Crippen LogP contribution < -0.4 is 10.2 Å². The number of hydrogen-bond acceptors (Lipinski definition) is 5. The predicted molar refractivity (Wildman–Crippen MR) is 76.4 cm³/mol. The zero-order chi connectivity index (χ0) is 12.9. The molecule has 2 aliphatic rings. The van der Waals surface area contributed by atoms with Crippen molar-refractivity contribution in [2.24, 2.45) is 0 Å². The zero-order valence-electron chi connectivity index (χ0n) is 11.5. The fourth-order valence-corrected chi connectivity index (χ4v) is 3.05. The van der Waals surface area contributed by atoms with Crippen LogP contribution in [0.15, 0.2) is 6.20 Å². The summed E-state index contributed by atoms with van der Waals surface area (Å²) in [5.74, 6) is 1.69. The molecule has 1 aliphatic carbocycles. The lowest BCUT2D eigenvalue weighted by Gasteiger charge is -2.20. The van der Waals surface area contributed by atoms with E-state index in [0.29, 0.717) is 6.04 Å². The van der Waals surface area contributed by atoms with Crippen LogP contribution in [0.1, 0.15) is 51.4 Å². The molecule has 104 valence electrons. The molecular weight excluding hydrogens is 238 g/mol. The van der Waals surface area contributed by atoms with Crippen LogP contribution in [0.4, 0.5) is 11.8 Å². The molecule has 5 heteroatoms. The van der Waals surface area contributed by atoms with Gasteiger partial charge in [-0.05, 0) is 25.7 Å². The van der Waals surface area contributed by atoms with Crippen LogP contribution in [0.25, 0.3) is 0 Å². The molecule has 1 saturated heterocycles. The molecular formula is C14H23N5. The molecule has 0 unspecified atom stereocenters. The fourth-order valence-electron chi connectivity index (χ4n) is 3.05. The van der Waals surface area contributed by atoms with Crippen LogP contribution >= 0.6 is 0 Å². The summed E-state index contributed by atoms with van der Waals surface area (Å²) in [6.45, 7) is 2.13. The van der Waals surface area contributed by atoms with Gasteiger partial charge in [0, 0.05) is 19.1 Å². The van der Waals surface area contributed by atoms with E-state index in [1.807, 2.05) is 0 Å². The van der Waals surface area contributed by atoms with Crippen molar-refractivity contribution >= 4 is 11.8 Å². The van der Waals surface area contributed by atoms with Crippen LogP contribution in [0.3, 0.4) is 0 Å². The van der Waals surface area contributed by atoms with E-state index in [2.05, 4.69) is 25.4 Å². The van der Waals surface area contributed by atoms with Crippen LogP contribution in [0, 0.1) is 0 Å². The third kappa shape index (κ3) is 3.33. The second-order valence-corrected chi connectivity index (χ2v) is 5.67. The van der Waals surface area contributed by atoms with Gasteiger partial charge in [0.1, 0.15) is 0 Å². The third-order valence-electron chi connectivity index (χ3n) is 4.14. The average Bonchev–Trinajstić information content (AvgIpc) is 2.79. The summed E-state index contributed by atoms with van der Waals surface area (Å²) in [6, 6.07) is 0.577. The van der Waals surface area contributed by atoms with E-state index < -0.39 is 0 Å². The van der Waals surface area contributed by atoms with Gasteiger partial charge in [-0.15, -0.1) is 5.10 Å². The number of anilines is 2. The second kappa shape index (κ2) is 6.17. The van der Waals surface area contributed by atoms with Gasteiger partial charge < -0.3 is 10.2 Å². The summed E-state index contributed by atoms with van der Waals surface area (Å²) in [6.07, 6.45) is 12.0. The van der Waals surface area contributed by atoms with Crippen LogP contribution in [0.2, 0.25) is 0 Å². The second-order valence-electron chi connectivity index (χ2n) is 5.67. The Hall–Kier alpha value is -1.39. The van der Waals surface area contributed by atoms with E-state index in [1.165, 1.54) is 51.4 Å². The Morgan fingerprint density at radius 2 is 1.74 bits per heavy atom. The first-order valence-corrected chi connectivity index (χ1v) is 7.63. The van der Waals surface area contributed by atoms with Crippen molar-refractivity contribution in [3.8, 4) is 0 Å². The fraction of sp³-hybridized carbons (Fsp3) is 0.786. The van der Waals surface area contributed by atoms with Crippen molar-refractivity contribution < 1.29 is 0 Å². The SMILES string of the molecule is c1nnc(N2CCCCCC2)nc1NC1CCCC1. The van der Waals surface area contributed by atoms with Gasteiger partial charge in [-0.2, -0.15) is 10.1 Å². The Balaban J connectivity index is 1.67. The van der Waals surface area contributed by atoms with E-state index >= 15 is 0 Å². The van der Waals surface area contributed by atoms with Crippen molar-refractivity contribution in [1.29, 1.82) is 0 Å². The average molecular weight is 261 g/mol. The Morgan fingerprint density at radius 1 is 1.00 bits per heavy atom. The molecule has 2 heterocycles. The monoisotopic (exact) mass is 261 g/mol. The van der Waals surface area contributed by atoms with Gasteiger partial charge in [-0.3, -0.25) is 0 Å². The van der Waals surface area contributed by atoms with E-state index in [-0.39, 0.29) is 0 Å². The van der Waals surface area contributed by atoms with Gasteiger partial charge in [-0.1, -0.05) is 25.7 Å². The normalized spacial score (nSPS) is 21.4. The number of rotatable bonds is 3. The number of nitrogens with zero attached hydrogens (tertiary/aromatic N) is 4. The smallest absolute Gasteiger partial charge is 0.247 e. The van der Waals surface area contributed by atoms with Gasteiger partial charge in [-0.25, -0.2) is 0 Å². The summed E-state index contributed by atoms with van der Waals surface area (Å²) in [7, 11) is 0. The van der Waals surface area contributed by atoms with Gasteiger partial charge in [0.2, 0.25) is 5.95 Å². The molecule has 3 rings (SSSR count). The Bertz CT molecular complexity index is 395. The summed E-state index contributed by atoms with van der Waals surface area (Å²) < 4.78 is 0. The van der Waals surface area contributed by atoms with Crippen LogP contribution in [-0.2, 0) is 0 Å². The van der Waals surface area contributed by atoms with Crippen molar-refractivity contribution in [1.82, 2.24) is 15.2 Å². The van der Waals surface area contributed by atoms with E-state index in [1.54, 1.807) is 6.20 Å². The molecule has 1 aromatic heterocycles.